The van der Waals surface area contributed by atoms with Crippen molar-refractivity contribution in [2.45, 2.75) is 13.3 Å². The molecule has 3 aromatic rings. The Bertz CT molecular complexity index is 1220. The molecule has 3 aromatic carbocycles. The predicted octanol–water partition coefficient (Wildman–Crippen LogP) is 4.42. The molecule has 0 aliphatic carbocycles. The fourth-order valence-electron chi connectivity index (χ4n) is 3.89. The maximum atomic E-state index is 13.5. The highest BCUT2D eigenvalue weighted by molar-refractivity contribution is 6.46. The zero-order valence-corrected chi connectivity index (χ0v) is 17.6. The first-order valence-electron chi connectivity index (χ1n) is 10.6. The van der Waals surface area contributed by atoms with Gasteiger partial charge in [0.2, 0.25) is 0 Å². The van der Waals surface area contributed by atoms with Gasteiger partial charge in [0, 0.05) is 11.8 Å². The molecule has 2 aliphatic heterocycles. The van der Waals surface area contributed by atoms with E-state index in [4.69, 9.17) is 9.47 Å². The van der Waals surface area contributed by atoms with Crippen LogP contribution >= 0.6 is 0 Å². The summed E-state index contributed by atoms with van der Waals surface area (Å²) in [6.45, 7) is 2.98. The first-order chi connectivity index (χ1) is 15.7. The lowest BCUT2D eigenvalue weighted by Crippen LogP contribution is -2.32. The summed E-state index contributed by atoms with van der Waals surface area (Å²) in [5.41, 5.74) is 3.65. The largest absolute Gasteiger partial charge is 0.486 e. The highest BCUT2D eigenvalue weighted by Crippen LogP contribution is 2.38. The van der Waals surface area contributed by atoms with Crippen LogP contribution in [0.15, 0.2) is 78.5 Å². The van der Waals surface area contributed by atoms with Gasteiger partial charge < -0.3 is 14.8 Å². The average Bonchev–Trinajstić information content (AvgIpc) is 3.08. The van der Waals surface area contributed by atoms with Crippen molar-refractivity contribution in [1.29, 1.82) is 0 Å². The molecule has 2 heterocycles. The fourth-order valence-corrected chi connectivity index (χ4v) is 3.89. The highest BCUT2D eigenvalue weighted by atomic mass is 16.6. The van der Waals surface area contributed by atoms with E-state index in [1.54, 1.807) is 18.2 Å². The molecule has 32 heavy (non-hydrogen) atoms. The van der Waals surface area contributed by atoms with Crippen LogP contribution in [0.5, 0.6) is 11.5 Å². The minimum atomic E-state index is -0.412. The zero-order chi connectivity index (χ0) is 22.1. The van der Waals surface area contributed by atoms with E-state index in [0.717, 1.165) is 12.1 Å². The van der Waals surface area contributed by atoms with Gasteiger partial charge in [0.05, 0.1) is 11.3 Å². The molecule has 5 rings (SSSR count). The van der Waals surface area contributed by atoms with Crippen LogP contribution in [0, 0.1) is 0 Å². The van der Waals surface area contributed by atoms with Gasteiger partial charge in [-0.1, -0.05) is 49.4 Å². The molecule has 2 aliphatic rings. The van der Waals surface area contributed by atoms with E-state index in [1.165, 1.54) is 10.5 Å². The summed E-state index contributed by atoms with van der Waals surface area (Å²) in [6, 6.07) is 22.2. The standard InChI is InChI=1S/C26H22N2O4/c1-2-17-8-10-19(11-9-17)27-24-23(18-6-4-3-5-7-18)25(29)28(26(24)30)20-12-13-21-22(16-20)32-15-14-31-21/h3-13,16,27H,2,14-15H2,1H3. The van der Waals surface area contributed by atoms with Crippen LogP contribution in [0.4, 0.5) is 11.4 Å². The van der Waals surface area contributed by atoms with E-state index in [-0.39, 0.29) is 11.6 Å². The molecule has 0 fully saturated rings. The molecule has 1 N–H and O–H groups in total. The van der Waals surface area contributed by atoms with Gasteiger partial charge in [-0.15, -0.1) is 0 Å². The number of aryl methyl sites for hydroxylation is 1. The maximum Gasteiger partial charge on any atom is 0.282 e. The second-order valence-corrected chi connectivity index (χ2v) is 7.57. The van der Waals surface area contributed by atoms with Crippen LogP contribution < -0.4 is 19.7 Å². The normalized spacial score (nSPS) is 15.3. The van der Waals surface area contributed by atoms with Gasteiger partial charge in [-0.25, -0.2) is 4.90 Å². The molecule has 0 atom stereocenters. The van der Waals surface area contributed by atoms with Gasteiger partial charge in [-0.05, 0) is 41.8 Å². The minimum Gasteiger partial charge on any atom is -0.486 e. The highest BCUT2D eigenvalue weighted by Gasteiger charge is 2.40. The van der Waals surface area contributed by atoms with E-state index in [0.29, 0.717) is 41.5 Å². The quantitative estimate of drug-likeness (QED) is 0.612. The van der Waals surface area contributed by atoms with Gasteiger partial charge in [0.25, 0.3) is 11.8 Å². The Labute approximate surface area is 186 Å². The smallest absolute Gasteiger partial charge is 0.282 e. The number of amides is 2. The summed E-state index contributed by atoms with van der Waals surface area (Å²) < 4.78 is 11.2. The van der Waals surface area contributed by atoms with Crippen molar-refractivity contribution in [3.63, 3.8) is 0 Å². The third-order valence-corrected chi connectivity index (χ3v) is 5.56. The van der Waals surface area contributed by atoms with Crippen molar-refractivity contribution < 1.29 is 19.1 Å². The van der Waals surface area contributed by atoms with Gasteiger partial charge in [0.1, 0.15) is 18.9 Å². The Morgan fingerprint density at radius 2 is 1.56 bits per heavy atom. The zero-order valence-electron chi connectivity index (χ0n) is 17.6. The second kappa shape index (κ2) is 8.23. The molecule has 0 spiro atoms. The Kier molecular flexibility index (Phi) is 5.11. The number of benzene rings is 3. The van der Waals surface area contributed by atoms with E-state index >= 15 is 0 Å². The third kappa shape index (κ3) is 3.50. The van der Waals surface area contributed by atoms with Crippen LogP contribution in [0.3, 0.4) is 0 Å². The van der Waals surface area contributed by atoms with Crippen LogP contribution in [0.1, 0.15) is 18.1 Å². The van der Waals surface area contributed by atoms with E-state index in [1.807, 2.05) is 54.6 Å². The molecule has 0 bridgehead atoms. The van der Waals surface area contributed by atoms with Gasteiger partial charge in [-0.2, -0.15) is 0 Å². The van der Waals surface area contributed by atoms with Crippen molar-refractivity contribution in [2.24, 2.45) is 0 Å². The molecule has 2 amide bonds. The van der Waals surface area contributed by atoms with Crippen molar-refractivity contribution in [1.82, 2.24) is 0 Å². The number of nitrogens with zero attached hydrogens (tertiary/aromatic N) is 1. The summed E-state index contributed by atoms with van der Waals surface area (Å²) in [6.07, 6.45) is 0.924. The Hall–Kier alpha value is -4.06. The van der Waals surface area contributed by atoms with Crippen LogP contribution in [0.2, 0.25) is 0 Å². The summed E-state index contributed by atoms with van der Waals surface area (Å²) in [7, 11) is 0. The number of hydrogen-bond acceptors (Lipinski definition) is 5. The summed E-state index contributed by atoms with van der Waals surface area (Å²) in [5, 5.41) is 3.19. The number of carbonyl (C=O) groups is 2. The SMILES string of the molecule is CCc1ccc(NC2=C(c3ccccc3)C(=O)N(c3ccc4c(c3)OCCO4)C2=O)cc1. The fraction of sp³-hybridized carbons (Fsp3) is 0.154. The molecule has 6 nitrogen and oxygen atoms in total. The van der Waals surface area contributed by atoms with Crippen molar-refractivity contribution in [3.05, 3.63) is 89.6 Å². The molecule has 0 aromatic heterocycles. The average molecular weight is 426 g/mol. The molecule has 160 valence electrons. The number of fused-ring (bicyclic) bond motifs is 1. The number of nitrogens with one attached hydrogen (secondary N) is 1. The molecule has 0 saturated heterocycles. The summed E-state index contributed by atoms with van der Waals surface area (Å²) in [4.78, 5) is 28.2. The third-order valence-electron chi connectivity index (χ3n) is 5.56. The van der Waals surface area contributed by atoms with E-state index in [9.17, 15) is 9.59 Å². The topological polar surface area (TPSA) is 67.9 Å². The number of ether oxygens (including phenoxy) is 2. The maximum absolute atomic E-state index is 13.5. The predicted molar refractivity (Wildman–Crippen MR) is 123 cm³/mol. The molecule has 6 heteroatoms. The van der Waals surface area contributed by atoms with E-state index in [2.05, 4.69) is 12.2 Å². The molecule has 0 saturated carbocycles. The Balaban J connectivity index is 1.55. The molecule has 0 unspecified atom stereocenters. The number of hydrogen-bond donors (Lipinski definition) is 1. The van der Waals surface area contributed by atoms with Crippen LogP contribution in [0.25, 0.3) is 5.57 Å². The van der Waals surface area contributed by atoms with Crippen LogP contribution in [-0.2, 0) is 16.0 Å². The van der Waals surface area contributed by atoms with E-state index < -0.39 is 5.91 Å². The molecule has 0 radical (unpaired) electrons. The summed E-state index contributed by atoms with van der Waals surface area (Å²) in [5.74, 6) is 0.326. The van der Waals surface area contributed by atoms with Crippen molar-refractivity contribution in [3.8, 4) is 11.5 Å². The van der Waals surface area contributed by atoms with Gasteiger partial charge in [-0.3, -0.25) is 9.59 Å². The lowest BCUT2D eigenvalue weighted by Gasteiger charge is -2.21. The first kappa shape index (κ1) is 19.9. The molecular weight excluding hydrogens is 404 g/mol. The Morgan fingerprint density at radius 1 is 0.844 bits per heavy atom. The number of imide groups is 1. The van der Waals surface area contributed by atoms with Crippen LogP contribution in [-0.4, -0.2) is 25.0 Å². The Morgan fingerprint density at radius 3 is 2.28 bits per heavy atom. The molecular formula is C26H22N2O4. The lowest BCUT2D eigenvalue weighted by molar-refractivity contribution is -0.120. The number of anilines is 2. The number of carbonyl (C=O) groups excluding carboxylic acids is 2. The summed E-state index contributed by atoms with van der Waals surface area (Å²) >= 11 is 0. The lowest BCUT2D eigenvalue weighted by atomic mass is 10.0. The van der Waals surface area contributed by atoms with Gasteiger partial charge >= 0.3 is 0 Å². The second-order valence-electron chi connectivity index (χ2n) is 7.57. The van der Waals surface area contributed by atoms with Gasteiger partial charge in [0.15, 0.2) is 11.5 Å². The number of rotatable bonds is 5. The van der Waals surface area contributed by atoms with Crippen molar-refractivity contribution in [2.75, 3.05) is 23.4 Å². The monoisotopic (exact) mass is 426 g/mol. The first-order valence-corrected chi connectivity index (χ1v) is 10.6. The van der Waals surface area contributed by atoms with Crippen molar-refractivity contribution >= 4 is 28.8 Å². The minimum absolute atomic E-state index is 0.250.